The standard InChI is InChI=1S/C20H21FN4O3/c21-18-5-1-15(2-6-18)13-22-23-20(26)17-9-11-24(12-10-17)14-16-3-7-19(8-4-16)25(27)28/h1-8,13,17H,9-12,14H2,(H,23,26). The Morgan fingerprint density at radius 1 is 1.18 bits per heavy atom. The molecule has 146 valence electrons. The van der Waals surface area contributed by atoms with Gasteiger partial charge in [-0.05, 0) is 49.2 Å². The van der Waals surface area contributed by atoms with Crippen LogP contribution in [-0.2, 0) is 11.3 Å². The zero-order chi connectivity index (χ0) is 19.9. The predicted molar refractivity (Wildman–Crippen MR) is 103 cm³/mol. The van der Waals surface area contributed by atoms with Crippen molar-refractivity contribution in [3.8, 4) is 0 Å². The quantitative estimate of drug-likeness (QED) is 0.471. The summed E-state index contributed by atoms with van der Waals surface area (Å²) >= 11 is 0. The minimum absolute atomic E-state index is 0.0836. The lowest BCUT2D eigenvalue weighted by atomic mass is 9.96. The number of halogens is 1. The van der Waals surface area contributed by atoms with Crippen LogP contribution in [0.2, 0.25) is 0 Å². The lowest BCUT2D eigenvalue weighted by molar-refractivity contribution is -0.384. The number of nitrogens with one attached hydrogen (secondary N) is 1. The second kappa shape index (κ2) is 9.18. The summed E-state index contributed by atoms with van der Waals surface area (Å²) in [5.41, 5.74) is 4.35. The summed E-state index contributed by atoms with van der Waals surface area (Å²) in [6.07, 6.45) is 2.94. The third kappa shape index (κ3) is 5.43. The van der Waals surface area contributed by atoms with Crippen molar-refractivity contribution in [2.24, 2.45) is 11.0 Å². The molecule has 0 radical (unpaired) electrons. The molecule has 0 saturated carbocycles. The molecular formula is C20H21FN4O3. The highest BCUT2D eigenvalue weighted by molar-refractivity contribution is 5.83. The van der Waals surface area contributed by atoms with Gasteiger partial charge in [-0.1, -0.05) is 24.3 Å². The lowest BCUT2D eigenvalue weighted by Crippen LogP contribution is -2.39. The molecule has 3 rings (SSSR count). The van der Waals surface area contributed by atoms with Crippen LogP contribution in [0.3, 0.4) is 0 Å². The van der Waals surface area contributed by atoms with Crippen LogP contribution in [0.25, 0.3) is 0 Å². The number of piperidine rings is 1. The van der Waals surface area contributed by atoms with Crippen molar-refractivity contribution in [3.05, 3.63) is 75.6 Å². The van der Waals surface area contributed by atoms with Gasteiger partial charge in [0.2, 0.25) is 5.91 Å². The van der Waals surface area contributed by atoms with Gasteiger partial charge in [0.05, 0.1) is 11.1 Å². The van der Waals surface area contributed by atoms with Gasteiger partial charge in [-0.15, -0.1) is 0 Å². The molecule has 28 heavy (non-hydrogen) atoms. The molecule has 1 saturated heterocycles. The van der Waals surface area contributed by atoms with Gasteiger partial charge in [0.1, 0.15) is 5.82 Å². The first-order valence-electron chi connectivity index (χ1n) is 9.05. The fourth-order valence-corrected chi connectivity index (χ4v) is 3.15. The van der Waals surface area contributed by atoms with Gasteiger partial charge in [0, 0.05) is 24.6 Å². The molecule has 0 spiro atoms. The molecule has 0 bridgehead atoms. The number of hydrazone groups is 1. The number of likely N-dealkylation sites (tertiary alicyclic amines) is 1. The molecule has 1 fully saturated rings. The summed E-state index contributed by atoms with van der Waals surface area (Å²) in [5.74, 6) is -0.534. The van der Waals surface area contributed by atoms with E-state index in [-0.39, 0.29) is 23.3 Å². The first kappa shape index (κ1) is 19.6. The summed E-state index contributed by atoms with van der Waals surface area (Å²) in [5, 5.41) is 14.6. The number of nitro benzene ring substituents is 1. The number of nitrogens with zero attached hydrogens (tertiary/aromatic N) is 3. The van der Waals surface area contributed by atoms with Crippen LogP contribution in [0.1, 0.15) is 24.0 Å². The normalized spacial score (nSPS) is 15.6. The Labute approximate surface area is 162 Å². The van der Waals surface area contributed by atoms with Gasteiger partial charge in [0.15, 0.2) is 0 Å². The summed E-state index contributed by atoms with van der Waals surface area (Å²) in [4.78, 5) is 24.8. The SMILES string of the molecule is O=C(NN=Cc1ccc(F)cc1)C1CCN(Cc2ccc([N+](=O)[O-])cc2)CC1. The van der Waals surface area contributed by atoms with Gasteiger partial charge in [-0.25, -0.2) is 9.82 Å². The van der Waals surface area contributed by atoms with E-state index in [1.807, 2.05) is 0 Å². The molecule has 1 aliphatic rings. The first-order valence-corrected chi connectivity index (χ1v) is 9.05. The number of non-ortho nitro benzene ring substituents is 1. The van der Waals surface area contributed by atoms with E-state index in [1.165, 1.54) is 30.5 Å². The number of benzene rings is 2. The highest BCUT2D eigenvalue weighted by Crippen LogP contribution is 2.20. The van der Waals surface area contributed by atoms with E-state index in [2.05, 4.69) is 15.4 Å². The van der Waals surface area contributed by atoms with Crippen LogP contribution in [0.4, 0.5) is 10.1 Å². The third-order valence-corrected chi connectivity index (χ3v) is 4.77. The van der Waals surface area contributed by atoms with Crippen LogP contribution >= 0.6 is 0 Å². The molecule has 1 N–H and O–H groups in total. The second-order valence-electron chi connectivity index (χ2n) is 6.76. The lowest BCUT2D eigenvalue weighted by Gasteiger charge is -2.30. The summed E-state index contributed by atoms with van der Waals surface area (Å²) in [6, 6.07) is 12.4. The van der Waals surface area contributed by atoms with Crippen molar-refractivity contribution in [2.45, 2.75) is 19.4 Å². The topological polar surface area (TPSA) is 87.8 Å². The largest absolute Gasteiger partial charge is 0.299 e. The Morgan fingerprint density at radius 3 is 2.43 bits per heavy atom. The van der Waals surface area contributed by atoms with Crippen LogP contribution in [0.15, 0.2) is 53.6 Å². The average Bonchev–Trinajstić information content (AvgIpc) is 2.70. The van der Waals surface area contributed by atoms with Gasteiger partial charge >= 0.3 is 0 Å². The summed E-state index contributed by atoms with van der Waals surface area (Å²) in [6.45, 7) is 2.25. The van der Waals surface area contributed by atoms with Gasteiger partial charge < -0.3 is 0 Å². The number of carbonyl (C=O) groups excluding carboxylic acids is 1. The maximum absolute atomic E-state index is 12.9. The minimum atomic E-state index is -0.410. The average molecular weight is 384 g/mol. The van der Waals surface area contributed by atoms with E-state index in [0.29, 0.717) is 12.1 Å². The third-order valence-electron chi connectivity index (χ3n) is 4.77. The molecule has 8 heteroatoms. The van der Waals surface area contributed by atoms with Crippen molar-refractivity contribution >= 4 is 17.8 Å². The molecule has 1 amide bonds. The highest BCUT2D eigenvalue weighted by atomic mass is 19.1. The number of rotatable bonds is 6. The van der Waals surface area contributed by atoms with Crippen molar-refractivity contribution in [3.63, 3.8) is 0 Å². The predicted octanol–water partition coefficient (Wildman–Crippen LogP) is 3.10. The Kier molecular flexibility index (Phi) is 6.44. The number of carbonyl (C=O) groups is 1. The van der Waals surface area contributed by atoms with Crippen LogP contribution in [-0.4, -0.2) is 35.0 Å². The Hall–Kier alpha value is -3.13. The zero-order valence-electron chi connectivity index (χ0n) is 15.3. The molecule has 2 aromatic rings. The number of nitro groups is 1. The van der Waals surface area contributed by atoms with E-state index >= 15 is 0 Å². The molecule has 0 aromatic heterocycles. The summed E-state index contributed by atoms with van der Waals surface area (Å²) in [7, 11) is 0. The molecule has 0 aliphatic carbocycles. The Balaban J connectivity index is 1.43. The molecule has 0 unspecified atom stereocenters. The number of hydrogen-bond donors (Lipinski definition) is 1. The van der Waals surface area contributed by atoms with Crippen molar-refractivity contribution in [1.29, 1.82) is 0 Å². The molecule has 1 heterocycles. The van der Waals surface area contributed by atoms with E-state index in [4.69, 9.17) is 0 Å². The van der Waals surface area contributed by atoms with E-state index in [1.54, 1.807) is 24.3 Å². The fraction of sp³-hybridized carbons (Fsp3) is 0.300. The van der Waals surface area contributed by atoms with Gasteiger partial charge in [-0.2, -0.15) is 5.10 Å². The monoisotopic (exact) mass is 384 g/mol. The van der Waals surface area contributed by atoms with E-state index < -0.39 is 4.92 Å². The second-order valence-corrected chi connectivity index (χ2v) is 6.76. The highest BCUT2D eigenvalue weighted by Gasteiger charge is 2.24. The maximum Gasteiger partial charge on any atom is 0.269 e. The first-order chi connectivity index (χ1) is 13.5. The Morgan fingerprint density at radius 2 is 1.82 bits per heavy atom. The van der Waals surface area contributed by atoms with E-state index in [9.17, 15) is 19.3 Å². The van der Waals surface area contributed by atoms with Crippen LogP contribution < -0.4 is 5.43 Å². The summed E-state index contributed by atoms with van der Waals surface area (Å²) < 4.78 is 12.9. The zero-order valence-corrected chi connectivity index (χ0v) is 15.3. The number of amides is 1. The van der Waals surface area contributed by atoms with Crippen LogP contribution in [0.5, 0.6) is 0 Å². The molecule has 2 aromatic carbocycles. The fourth-order valence-electron chi connectivity index (χ4n) is 3.15. The maximum atomic E-state index is 12.9. The number of hydrogen-bond acceptors (Lipinski definition) is 5. The molecule has 1 aliphatic heterocycles. The smallest absolute Gasteiger partial charge is 0.269 e. The van der Waals surface area contributed by atoms with Crippen molar-refractivity contribution < 1.29 is 14.1 Å². The minimum Gasteiger partial charge on any atom is -0.299 e. The Bertz CT molecular complexity index is 845. The van der Waals surface area contributed by atoms with E-state index in [0.717, 1.165) is 31.5 Å². The van der Waals surface area contributed by atoms with Crippen LogP contribution in [0, 0.1) is 21.8 Å². The molecular weight excluding hydrogens is 363 g/mol. The van der Waals surface area contributed by atoms with Crippen molar-refractivity contribution in [1.82, 2.24) is 10.3 Å². The molecule has 7 nitrogen and oxygen atoms in total. The van der Waals surface area contributed by atoms with Crippen molar-refractivity contribution in [2.75, 3.05) is 13.1 Å². The molecule has 0 atom stereocenters. The van der Waals surface area contributed by atoms with Gasteiger partial charge in [0.25, 0.3) is 5.69 Å². The van der Waals surface area contributed by atoms with Gasteiger partial charge in [-0.3, -0.25) is 19.8 Å².